The van der Waals surface area contributed by atoms with Crippen molar-refractivity contribution in [3.05, 3.63) is 47.9 Å². The minimum absolute atomic E-state index is 0.0394. The zero-order chi connectivity index (χ0) is 21.7. The van der Waals surface area contributed by atoms with Gasteiger partial charge in [0.15, 0.2) is 5.69 Å². The molecule has 1 saturated carbocycles. The average Bonchev–Trinajstić information content (AvgIpc) is 3.11. The average molecular weight is 425 g/mol. The van der Waals surface area contributed by atoms with Crippen LogP contribution < -0.4 is 15.0 Å². The van der Waals surface area contributed by atoms with Crippen LogP contribution in [-0.4, -0.2) is 60.3 Å². The third kappa shape index (κ3) is 3.43. The van der Waals surface area contributed by atoms with Gasteiger partial charge in [0.25, 0.3) is 5.91 Å². The maximum atomic E-state index is 13.4. The van der Waals surface area contributed by atoms with Crippen LogP contribution in [-0.2, 0) is 0 Å². The predicted molar refractivity (Wildman–Crippen MR) is 108 cm³/mol. The van der Waals surface area contributed by atoms with Gasteiger partial charge in [0.05, 0.1) is 11.6 Å². The second-order valence-corrected chi connectivity index (χ2v) is 7.82. The lowest BCUT2D eigenvalue weighted by Gasteiger charge is -2.24. The summed E-state index contributed by atoms with van der Waals surface area (Å²) < 4.78 is 23.5. The van der Waals surface area contributed by atoms with E-state index in [0.29, 0.717) is 11.8 Å². The topological polar surface area (TPSA) is 101 Å². The number of carbonyl (C=O) groups excluding carboxylic acids is 2. The van der Waals surface area contributed by atoms with E-state index in [1.54, 1.807) is 18.0 Å². The van der Waals surface area contributed by atoms with E-state index in [9.17, 15) is 14.0 Å². The quantitative estimate of drug-likeness (QED) is 0.684. The number of carbonyl (C=O) groups is 2. The van der Waals surface area contributed by atoms with E-state index >= 15 is 0 Å². The number of halogens is 1. The first kappa shape index (κ1) is 19.3. The molecule has 10 heteroatoms. The van der Waals surface area contributed by atoms with Gasteiger partial charge in [-0.2, -0.15) is 0 Å². The Kier molecular flexibility index (Phi) is 4.49. The number of hydrogen-bond acceptors (Lipinski definition) is 7. The largest absolute Gasteiger partial charge is 0.417 e. The summed E-state index contributed by atoms with van der Waals surface area (Å²) >= 11 is 0. The fourth-order valence-corrected chi connectivity index (χ4v) is 4.34. The molecular formula is C21H20FN5O4. The standard InChI is InChI=1S/C21H20FN5O4/c1-23-20(28)16-8-18(31-25-16)30-21(29)26(2)19-13-9-27(10-14(13)19)17-6-3-11-7-12(22)4-5-15(11)24-17/h3-8,13-14,19H,9-10H2,1-2H3,(H,23,28). The predicted octanol–water partition coefficient (Wildman–Crippen LogP) is 2.29. The Bertz CT molecular complexity index is 1170. The van der Waals surface area contributed by atoms with Crippen molar-refractivity contribution in [2.45, 2.75) is 6.04 Å². The summed E-state index contributed by atoms with van der Waals surface area (Å²) in [6.45, 7) is 1.55. The van der Waals surface area contributed by atoms with Gasteiger partial charge in [-0.3, -0.25) is 4.79 Å². The van der Waals surface area contributed by atoms with Crippen LogP contribution in [0.2, 0.25) is 0 Å². The number of nitrogens with one attached hydrogen (secondary N) is 1. The lowest BCUT2D eigenvalue weighted by molar-refractivity contribution is 0.0954. The first-order valence-corrected chi connectivity index (χ1v) is 9.89. The van der Waals surface area contributed by atoms with E-state index in [1.165, 1.54) is 25.2 Å². The number of fused-ring (bicyclic) bond motifs is 2. The number of rotatable bonds is 4. The summed E-state index contributed by atoms with van der Waals surface area (Å²) in [7, 11) is 3.16. The maximum absolute atomic E-state index is 13.4. The second kappa shape index (κ2) is 7.22. The summed E-state index contributed by atoms with van der Waals surface area (Å²) in [5, 5.41) is 6.75. The Hall–Kier alpha value is -3.69. The molecule has 160 valence electrons. The number of pyridine rings is 1. The van der Waals surface area contributed by atoms with E-state index in [0.717, 1.165) is 29.8 Å². The minimum atomic E-state index is -0.559. The Morgan fingerprint density at radius 2 is 2.00 bits per heavy atom. The first-order valence-electron chi connectivity index (χ1n) is 9.89. The molecule has 1 aliphatic carbocycles. The molecule has 1 saturated heterocycles. The number of nitrogens with zero attached hydrogens (tertiary/aromatic N) is 4. The molecule has 2 amide bonds. The zero-order valence-electron chi connectivity index (χ0n) is 16.9. The van der Waals surface area contributed by atoms with Gasteiger partial charge < -0.3 is 24.4 Å². The van der Waals surface area contributed by atoms with Crippen molar-refractivity contribution in [2.75, 3.05) is 32.1 Å². The van der Waals surface area contributed by atoms with Gasteiger partial charge in [-0.15, -0.1) is 0 Å². The van der Waals surface area contributed by atoms with Gasteiger partial charge >= 0.3 is 12.0 Å². The van der Waals surface area contributed by atoms with E-state index in [-0.39, 0.29) is 23.5 Å². The highest BCUT2D eigenvalue weighted by Gasteiger charge is 2.59. The zero-order valence-corrected chi connectivity index (χ0v) is 16.9. The van der Waals surface area contributed by atoms with Crippen molar-refractivity contribution in [3.63, 3.8) is 0 Å². The third-order valence-electron chi connectivity index (χ3n) is 5.98. The van der Waals surface area contributed by atoms with E-state index in [1.807, 2.05) is 12.1 Å². The van der Waals surface area contributed by atoms with Crippen LogP contribution >= 0.6 is 0 Å². The third-order valence-corrected chi connectivity index (χ3v) is 5.98. The van der Waals surface area contributed by atoms with Crippen molar-refractivity contribution < 1.29 is 23.2 Å². The number of benzene rings is 1. The van der Waals surface area contributed by atoms with Crippen LogP contribution in [0.4, 0.5) is 15.0 Å². The molecule has 0 bridgehead atoms. The number of piperidine rings is 1. The number of aromatic nitrogens is 2. The highest BCUT2D eigenvalue weighted by molar-refractivity contribution is 5.92. The van der Waals surface area contributed by atoms with Crippen molar-refractivity contribution in [2.24, 2.45) is 11.8 Å². The molecule has 2 aliphatic rings. The Labute approximate surface area is 176 Å². The number of ether oxygens (including phenoxy) is 1. The Morgan fingerprint density at radius 3 is 2.74 bits per heavy atom. The summed E-state index contributed by atoms with van der Waals surface area (Å²) in [5.41, 5.74) is 0.789. The lowest BCUT2D eigenvalue weighted by atomic mass is 10.2. The smallest absolute Gasteiger partial charge is 0.374 e. The molecule has 3 heterocycles. The molecule has 2 aromatic heterocycles. The molecule has 31 heavy (non-hydrogen) atoms. The Morgan fingerprint density at radius 1 is 1.23 bits per heavy atom. The molecule has 0 spiro atoms. The lowest BCUT2D eigenvalue weighted by Crippen LogP contribution is -2.38. The fraction of sp³-hybridized carbons (Fsp3) is 0.333. The fourth-order valence-electron chi connectivity index (χ4n) is 4.34. The summed E-state index contributed by atoms with van der Waals surface area (Å²) in [5.74, 6) is 0.651. The molecule has 1 aromatic carbocycles. The first-order chi connectivity index (χ1) is 14.9. The summed E-state index contributed by atoms with van der Waals surface area (Å²) in [4.78, 5) is 32.4. The normalized spacial score (nSPS) is 21.6. The minimum Gasteiger partial charge on any atom is -0.374 e. The molecule has 2 unspecified atom stereocenters. The summed E-state index contributed by atoms with van der Waals surface area (Å²) in [6.07, 6.45) is -0.559. The van der Waals surface area contributed by atoms with Gasteiger partial charge in [-0.25, -0.2) is 14.2 Å². The highest BCUT2D eigenvalue weighted by atomic mass is 19.1. The van der Waals surface area contributed by atoms with Gasteiger partial charge in [0.1, 0.15) is 11.6 Å². The molecule has 1 aliphatic heterocycles. The van der Waals surface area contributed by atoms with Crippen molar-refractivity contribution in [1.29, 1.82) is 0 Å². The Balaban J connectivity index is 1.20. The van der Waals surface area contributed by atoms with E-state index in [4.69, 9.17) is 9.26 Å². The molecular weight excluding hydrogens is 405 g/mol. The maximum Gasteiger partial charge on any atom is 0.417 e. The van der Waals surface area contributed by atoms with Gasteiger partial charge in [-0.1, -0.05) is 5.16 Å². The van der Waals surface area contributed by atoms with Crippen molar-refractivity contribution in [1.82, 2.24) is 20.4 Å². The van der Waals surface area contributed by atoms with Crippen LogP contribution in [0.3, 0.4) is 0 Å². The number of amides is 2. The monoisotopic (exact) mass is 425 g/mol. The van der Waals surface area contributed by atoms with E-state index in [2.05, 4.69) is 20.4 Å². The molecule has 9 nitrogen and oxygen atoms in total. The molecule has 2 atom stereocenters. The second-order valence-electron chi connectivity index (χ2n) is 7.82. The molecule has 1 N–H and O–H groups in total. The van der Waals surface area contributed by atoms with Crippen LogP contribution in [0.1, 0.15) is 10.5 Å². The van der Waals surface area contributed by atoms with Crippen LogP contribution in [0.5, 0.6) is 5.95 Å². The van der Waals surface area contributed by atoms with Gasteiger partial charge in [0, 0.05) is 50.4 Å². The summed E-state index contributed by atoms with van der Waals surface area (Å²) in [6, 6.07) is 9.66. The highest BCUT2D eigenvalue weighted by Crippen LogP contribution is 2.49. The van der Waals surface area contributed by atoms with Crippen LogP contribution in [0.15, 0.2) is 40.9 Å². The van der Waals surface area contributed by atoms with Crippen molar-refractivity contribution >= 4 is 28.7 Å². The number of hydrogen-bond donors (Lipinski definition) is 1. The number of anilines is 1. The molecule has 0 radical (unpaired) electrons. The van der Waals surface area contributed by atoms with Crippen LogP contribution in [0, 0.1) is 17.7 Å². The van der Waals surface area contributed by atoms with Gasteiger partial charge in [-0.05, 0) is 30.3 Å². The molecule has 2 fully saturated rings. The van der Waals surface area contributed by atoms with Crippen molar-refractivity contribution in [3.8, 4) is 5.95 Å². The molecule has 5 rings (SSSR count). The molecule has 3 aromatic rings. The van der Waals surface area contributed by atoms with Gasteiger partial charge in [0.2, 0.25) is 0 Å². The van der Waals surface area contributed by atoms with E-state index < -0.39 is 12.0 Å². The van der Waals surface area contributed by atoms with Crippen LogP contribution in [0.25, 0.3) is 10.9 Å². The SMILES string of the molecule is CNC(=O)c1cc(OC(=O)N(C)C2C3CN(c4ccc5cc(F)ccc5n4)CC32)on1.